The second kappa shape index (κ2) is 42.8. The Morgan fingerprint density at radius 2 is 0.540 bits per heavy atom. The molecular formula is C99H129N35O3. The number of nitrogens with zero attached hydrogens (tertiary/aromatic N) is 29. The van der Waals surface area contributed by atoms with Crippen LogP contribution in [0.1, 0.15) is 153 Å². The second-order valence-electron chi connectivity index (χ2n) is 37.6. The molecule has 38 nitrogen and oxygen atoms in total. The van der Waals surface area contributed by atoms with Crippen LogP contribution < -0.4 is 71.5 Å². The Labute approximate surface area is 799 Å². The largest absolute Gasteiger partial charge is 0.368 e. The molecule has 0 atom stereocenters. The van der Waals surface area contributed by atoms with E-state index in [4.69, 9.17) is 26.4 Å². The van der Waals surface area contributed by atoms with E-state index in [2.05, 4.69) is 175 Å². The summed E-state index contributed by atoms with van der Waals surface area (Å²) >= 11 is 0. The number of likely N-dealkylation sites (N-methyl/N-ethyl adjacent to an activating group) is 2. The molecular weight excluding hydrogens is 1730 g/mol. The predicted octanol–water partition coefficient (Wildman–Crippen LogP) is 9.78. The Kier molecular flexibility index (Phi) is 28.5. The average molecular weight is 1860 g/mol. The van der Waals surface area contributed by atoms with E-state index < -0.39 is 0 Å². The number of hydrogen-bond donors (Lipinski definition) is 6. The van der Waals surface area contributed by atoms with Crippen molar-refractivity contribution in [1.29, 1.82) is 0 Å². The second-order valence-corrected chi connectivity index (χ2v) is 37.6. The zero-order valence-corrected chi connectivity index (χ0v) is 79.3. The first-order valence-electron chi connectivity index (χ1n) is 50.0. The van der Waals surface area contributed by atoms with Gasteiger partial charge in [0, 0.05) is 243 Å². The summed E-state index contributed by atoms with van der Waals surface area (Å²) in [5.41, 5.74) is 10.5. The van der Waals surface area contributed by atoms with E-state index >= 15 is 0 Å². The Morgan fingerprint density at radius 1 is 0.285 bits per heavy atom. The topological polar surface area (TPSA) is 340 Å². The summed E-state index contributed by atoms with van der Waals surface area (Å²) < 4.78 is 8.21. The van der Waals surface area contributed by atoms with Crippen LogP contribution in [0.15, 0.2) is 122 Å². The van der Waals surface area contributed by atoms with Gasteiger partial charge >= 0.3 is 0 Å². The Balaban J connectivity index is 0.000000113. The number of piperazine rings is 4. The number of likely N-dealkylation sites (tertiary alicyclic amines) is 3. The van der Waals surface area contributed by atoms with Crippen molar-refractivity contribution in [2.45, 2.75) is 116 Å². The number of nitrogens with one attached hydrogen (secondary N) is 6. The number of hydrogen-bond acceptors (Lipinski definition) is 31. The van der Waals surface area contributed by atoms with Gasteiger partial charge in [-0.2, -0.15) is 19.9 Å². The maximum Gasteiger partial charge on any atom is 0.272 e. The number of aromatic nitrogens is 16. The lowest BCUT2D eigenvalue weighted by Crippen LogP contribution is -2.46. The summed E-state index contributed by atoms with van der Waals surface area (Å²) in [6.45, 7) is 28.7. The van der Waals surface area contributed by atoms with Crippen LogP contribution in [-0.2, 0) is 0 Å². The molecule has 11 fully saturated rings. The quantitative estimate of drug-likeness (QED) is 0.0410. The predicted molar refractivity (Wildman–Crippen MR) is 540 cm³/mol. The number of rotatable bonds is 19. The molecule has 23 rings (SSSR count). The van der Waals surface area contributed by atoms with Crippen LogP contribution in [0.3, 0.4) is 0 Å². The molecule has 0 aliphatic carbocycles. The van der Waals surface area contributed by atoms with Gasteiger partial charge in [-0.1, -0.05) is 5.92 Å². The number of amides is 3. The number of anilines is 12. The molecule has 0 aromatic carbocycles. The minimum absolute atomic E-state index is 0.0792. The van der Waals surface area contributed by atoms with E-state index in [1.165, 1.54) is 44.9 Å². The highest BCUT2D eigenvalue weighted by Gasteiger charge is 2.34. The standard InChI is InChI=1S/2C26H35N9O.C25H33N9O.C22H26N8/c1-31-13-15-32(16-14-31)21-7-8-23(27-19-21)29-26-28-18-20-17-22(25(36)33-9-5-6-10-33)35(24(20)30-26)34-11-3-2-4-12-34;36-25(33-11-3-1-4-12-33)22-17-20-18-29-26(31-24(20)35(22)34-13-5-2-6-14-34)30-23-8-7-21(19-28-23)32-15-9-27-10-16-32;1-30-12-14-31(15-13-30)20-6-7-22(26-18-20)28-25-27-17-19-16-21(24(35)32-8-5-9-32)34(23(19)29-25)33-10-3-2-4-11-33;1-2-18-14-17-15-25-22(27-21(17)30(18)29-10-4-3-5-11-29)26-20-7-6-19(16-24-20)28-12-8-23-9-13-28/h7-8,17-19H,2-6,9-16H2,1H3,(H,27,28,29,30);7-8,17-19,27H,1-6,9-16H2,(H,28,29,30,31);6-7,16-18H,2-5,8-15H2,1H3,(H,26,27,28,29);1,6-7,14-16,23H,3-5,8-13H2,(H,24,25,26,27). The third kappa shape index (κ3) is 21.2. The summed E-state index contributed by atoms with van der Waals surface area (Å²) in [5.74, 6) is 7.87. The van der Waals surface area contributed by atoms with Gasteiger partial charge in [0.05, 0.1) is 47.5 Å². The average Bonchev–Trinajstić information content (AvgIpc) is 1.57. The lowest BCUT2D eigenvalue weighted by molar-refractivity contribution is 0.0639. The van der Waals surface area contributed by atoms with Crippen LogP contribution in [0.2, 0.25) is 0 Å². The first kappa shape index (κ1) is 91.3. The van der Waals surface area contributed by atoms with Gasteiger partial charge in [-0.3, -0.25) is 14.4 Å². The van der Waals surface area contributed by atoms with Crippen LogP contribution >= 0.6 is 0 Å². The molecule has 12 aromatic rings. The lowest BCUT2D eigenvalue weighted by atomic mass is 10.1. The van der Waals surface area contributed by atoms with Gasteiger partial charge in [-0.15, -0.1) is 6.42 Å². The van der Waals surface area contributed by atoms with Crippen LogP contribution in [0.25, 0.3) is 44.1 Å². The van der Waals surface area contributed by atoms with E-state index in [-0.39, 0.29) is 17.7 Å². The molecule has 11 aliphatic heterocycles. The molecule has 3 amide bonds. The van der Waals surface area contributed by atoms with Gasteiger partial charge in [-0.05, 0) is 202 Å². The highest BCUT2D eigenvalue weighted by atomic mass is 16.2. The summed E-state index contributed by atoms with van der Waals surface area (Å²) in [4.78, 5) is 116. The van der Waals surface area contributed by atoms with Crippen molar-refractivity contribution in [2.75, 3.05) is 271 Å². The smallest absolute Gasteiger partial charge is 0.272 e. The molecule has 0 spiro atoms. The van der Waals surface area contributed by atoms with Crippen LogP contribution in [0, 0.1) is 12.3 Å². The summed E-state index contributed by atoms with van der Waals surface area (Å²) in [5, 5.41) is 32.5. The number of fused-ring (bicyclic) bond motifs is 4. The molecule has 11 aliphatic rings. The van der Waals surface area contributed by atoms with Gasteiger partial charge < -0.3 is 96.0 Å². The van der Waals surface area contributed by atoms with Crippen LogP contribution in [0.5, 0.6) is 0 Å². The summed E-state index contributed by atoms with van der Waals surface area (Å²) in [7, 11) is 4.32. The Morgan fingerprint density at radius 3 is 0.810 bits per heavy atom. The minimum Gasteiger partial charge on any atom is -0.368 e. The van der Waals surface area contributed by atoms with Crippen LogP contribution in [-0.4, -0.2) is 331 Å². The first-order chi connectivity index (χ1) is 67.4. The number of terminal acetylenes is 1. The van der Waals surface area contributed by atoms with Crippen molar-refractivity contribution < 1.29 is 14.4 Å². The fourth-order valence-corrected chi connectivity index (χ4v) is 20.2. The van der Waals surface area contributed by atoms with Crippen molar-refractivity contribution in [3.8, 4) is 12.3 Å². The number of carbonyl (C=O) groups excluding carboxylic acids is 3. The summed E-state index contributed by atoms with van der Waals surface area (Å²) in [6.07, 6.45) is 41.2. The number of piperidine rings is 5. The highest BCUT2D eigenvalue weighted by molar-refractivity contribution is 6.00. The molecule has 12 aromatic heterocycles. The molecule has 137 heavy (non-hydrogen) atoms. The third-order valence-electron chi connectivity index (χ3n) is 28.2. The third-order valence-corrected chi connectivity index (χ3v) is 28.2. The monoisotopic (exact) mass is 1860 g/mol. The first-order valence-corrected chi connectivity index (χ1v) is 50.0. The minimum atomic E-state index is 0.0792. The molecule has 0 unspecified atom stereocenters. The normalized spacial score (nSPS) is 18.7. The molecule has 0 bridgehead atoms. The van der Waals surface area contributed by atoms with E-state index in [9.17, 15) is 14.4 Å². The molecule has 0 saturated carbocycles. The highest BCUT2D eigenvalue weighted by Crippen LogP contribution is 2.33. The lowest BCUT2D eigenvalue weighted by Gasteiger charge is -2.34. The fraction of sp³-hybridized carbons (Fsp3) is 0.505. The van der Waals surface area contributed by atoms with E-state index in [1.807, 2.05) is 116 Å². The molecule has 0 radical (unpaired) electrons. The van der Waals surface area contributed by atoms with Crippen molar-refractivity contribution in [1.82, 2.24) is 114 Å². The zero-order chi connectivity index (χ0) is 92.9. The van der Waals surface area contributed by atoms with Gasteiger partial charge in [-0.25, -0.2) is 58.6 Å². The van der Waals surface area contributed by atoms with E-state index in [0.717, 1.165) is 345 Å². The Hall–Kier alpha value is -13.5. The van der Waals surface area contributed by atoms with Crippen molar-refractivity contribution in [3.63, 3.8) is 0 Å². The number of carbonyl (C=O) groups is 3. The van der Waals surface area contributed by atoms with Crippen molar-refractivity contribution in [2.24, 2.45) is 0 Å². The van der Waals surface area contributed by atoms with Gasteiger partial charge in [0.25, 0.3) is 17.7 Å². The maximum atomic E-state index is 13.6. The zero-order valence-electron chi connectivity index (χ0n) is 79.3. The molecule has 11 saturated heterocycles. The SMILES string of the molecule is C#Cc1cc2cnc(Nc3ccc(N4CCNCC4)cn3)nc2n1N1CCCCC1.CN1CCN(c2ccc(Nc3ncc4cc(C(=O)N5CCC5)n(N5CCCCC5)c4n3)nc2)CC1.CN1CCN(c2ccc(Nc3ncc4cc(C(=O)N5CCCC5)n(N5CCCCC5)c4n3)nc2)CC1.O=C(c1cc2cnc(Nc3ccc(N4CCNCC4)cn3)nc2n1N1CCCCC1)N1CCCCC1. The maximum absolute atomic E-state index is 13.6. The van der Waals surface area contributed by atoms with E-state index in [1.54, 1.807) is 6.20 Å². The van der Waals surface area contributed by atoms with Gasteiger partial charge in [0.15, 0.2) is 22.6 Å². The number of pyridine rings is 4. The molecule has 718 valence electrons. The summed E-state index contributed by atoms with van der Waals surface area (Å²) in [6, 6.07) is 24.1. The fourth-order valence-electron chi connectivity index (χ4n) is 20.2. The van der Waals surface area contributed by atoms with Gasteiger partial charge in [0.1, 0.15) is 46.0 Å². The van der Waals surface area contributed by atoms with Crippen molar-refractivity contribution in [3.05, 3.63) is 145 Å². The van der Waals surface area contributed by atoms with Gasteiger partial charge in [0.2, 0.25) is 23.8 Å². The molecule has 6 N–H and O–H groups in total. The van der Waals surface area contributed by atoms with Crippen LogP contribution in [0.4, 0.5) is 69.8 Å². The van der Waals surface area contributed by atoms with Crippen molar-refractivity contribution >= 4 is 132 Å². The molecule has 23 heterocycles. The molecule has 38 heteroatoms. The Bertz CT molecular complexity index is 6130. The van der Waals surface area contributed by atoms with E-state index in [0.29, 0.717) is 58.3 Å².